The van der Waals surface area contributed by atoms with Crippen LogP contribution in [0.5, 0.6) is 0 Å². The summed E-state index contributed by atoms with van der Waals surface area (Å²) >= 11 is 1.72. The number of thioether (sulfide) groups is 1. The zero-order valence-electron chi connectivity index (χ0n) is 9.82. The molecular formula is C13H16O2S. The highest BCUT2D eigenvalue weighted by Crippen LogP contribution is 2.39. The van der Waals surface area contributed by atoms with E-state index in [1.54, 1.807) is 11.8 Å². The number of esters is 1. The summed E-state index contributed by atoms with van der Waals surface area (Å²) in [5, 5.41) is 0.211. The Balaban J connectivity index is 2.10. The summed E-state index contributed by atoms with van der Waals surface area (Å²) in [6.07, 6.45) is 0.505. The van der Waals surface area contributed by atoms with Crippen LogP contribution in [0.3, 0.4) is 0 Å². The average molecular weight is 236 g/mol. The standard InChI is InChI=1S/C13H16O2S/c1-9-4-6-10(7-5-9)16-11-8-12(14)15-13(11,2)3/h4-7,11H,8H2,1-3H3. The van der Waals surface area contributed by atoms with E-state index < -0.39 is 0 Å². The van der Waals surface area contributed by atoms with Crippen LogP contribution in [0.2, 0.25) is 0 Å². The molecule has 0 aromatic heterocycles. The van der Waals surface area contributed by atoms with E-state index in [9.17, 15) is 4.79 Å². The lowest BCUT2D eigenvalue weighted by Crippen LogP contribution is -2.29. The highest BCUT2D eigenvalue weighted by atomic mass is 32.2. The second kappa shape index (κ2) is 4.13. The normalized spacial score (nSPS) is 23.2. The molecule has 0 amide bonds. The molecule has 1 heterocycles. The number of cyclic esters (lactones) is 1. The molecule has 1 aromatic rings. The van der Waals surface area contributed by atoms with Crippen molar-refractivity contribution in [1.29, 1.82) is 0 Å². The van der Waals surface area contributed by atoms with Crippen molar-refractivity contribution in [1.82, 2.24) is 0 Å². The molecule has 2 rings (SSSR count). The smallest absolute Gasteiger partial charge is 0.307 e. The summed E-state index contributed by atoms with van der Waals surface area (Å²) in [5.41, 5.74) is 0.898. The molecule has 0 saturated carbocycles. The Labute approximate surface area is 100 Å². The van der Waals surface area contributed by atoms with E-state index in [-0.39, 0.29) is 16.8 Å². The summed E-state index contributed by atoms with van der Waals surface area (Å²) in [4.78, 5) is 12.5. The van der Waals surface area contributed by atoms with Crippen molar-refractivity contribution < 1.29 is 9.53 Å². The van der Waals surface area contributed by atoms with Crippen LogP contribution in [0.4, 0.5) is 0 Å². The molecule has 1 unspecified atom stereocenters. The first-order valence-electron chi connectivity index (χ1n) is 5.42. The Hall–Kier alpha value is -0.960. The molecular weight excluding hydrogens is 220 g/mol. The van der Waals surface area contributed by atoms with E-state index in [0.29, 0.717) is 6.42 Å². The van der Waals surface area contributed by atoms with E-state index in [1.165, 1.54) is 10.5 Å². The molecule has 1 fully saturated rings. The van der Waals surface area contributed by atoms with Gasteiger partial charge < -0.3 is 4.74 Å². The lowest BCUT2D eigenvalue weighted by atomic mass is 10.1. The minimum absolute atomic E-state index is 0.0883. The zero-order valence-corrected chi connectivity index (χ0v) is 10.6. The molecule has 1 aliphatic heterocycles. The molecule has 0 radical (unpaired) electrons. The molecule has 0 bridgehead atoms. The average Bonchev–Trinajstić information content (AvgIpc) is 2.43. The lowest BCUT2D eigenvalue weighted by molar-refractivity contribution is -0.145. The molecule has 0 spiro atoms. The monoisotopic (exact) mass is 236 g/mol. The quantitative estimate of drug-likeness (QED) is 0.738. The Morgan fingerprint density at radius 3 is 2.44 bits per heavy atom. The molecule has 16 heavy (non-hydrogen) atoms. The molecule has 0 aliphatic carbocycles. The predicted octanol–water partition coefficient (Wildman–Crippen LogP) is 3.18. The Morgan fingerprint density at radius 2 is 1.94 bits per heavy atom. The molecule has 1 aromatic carbocycles. The van der Waals surface area contributed by atoms with Gasteiger partial charge >= 0.3 is 5.97 Å². The first-order chi connectivity index (χ1) is 7.47. The largest absolute Gasteiger partial charge is 0.458 e. The third-order valence-corrected chi connectivity index (χ3v) is 4.37. The molecule has 1 aliphatic rings. The van der Waals surface area contributed by atoms with Crippen molar-refractivity contribution >= 4 is 17.7 Å². The van der Waals surface area contributed by atoms with Crippen molar-refractivity contribution in [2.75, 3.05) is 0 Å². The number of aryl methyl sites for hydroxylation is 1. The number of carbonyl (C=O) groups is 1. The van der Waals surface area contributed by atoms with Gasteiger partial charge in [-0.3, -0.25) is 4.79 Å². The summed E-state index contributed by atoms with van der Waals surface area (Å²) in [7, 11) is 0. The van der Waals surface area contributed by atoms with E-state index >= 15 is 0 Å². The molecule has 2 nitrogen and oxygen atoms in total. The number of hydrogen-bond donors (Lipinski definition) is 0. The second-order valence-electron chi connectivity index (χ2n) is 4.70. The van der Waals surface area contributed by atoms with Crippen LogP contribution in [0, 0.1) is 6.92 Å². The number of carbonyl (C=O) groups excluding carboxylic acids is 1. The topological polar surface area (TPSA) is 26.3 Å². The fraction of sp³-hybridized carbons (Fsp3) is 0.462. The maximum absolute atomic E-state index is 11.3. The molecule has 1 atom stereocenters. The number of benzene rings is 1. The van der Waals surface area contributed by atoms with Gasteiger partial charge in [-0.05, 0) is 32.9 Å². The van der Waals surface area contributed by atoms with Gasteiger partial charge in [0.1, 0.15) is 5.60 Å². The number of rotatable bonds is 2. The van der Waals surface area contributed by atoms with Gasteiger partial charge in [-0.15, -0.1) is 11.8 Å². The van der Waals surface area contributed by atoms with Crippen LogP contribution in [-0.2, 0) is 9.53 Å². The van der Waals surface area contributed by atoms with Crippen LogP contribution in [0.1, 0.15) is 25.8 Å². The van der Waals surface area contributed by atoms with Crippen LogP contribution in [-0.4, -0.2) is 16.8 Å². The van der Waals surface area contributed by atoms with Gasteiger partial charge in [-0.25, -0.2) is 0 Å². The van der Waals surface area contributed by atoms with Gasteiger partial charge in [0, 0.05) is 4.90 Å². The molecule has 3 heteroatoms. The number of hydrogen-bond acceptors (Lipinski definition) is 3. The van der Waals surface area contributed by atoms with Gasteiger partial charge in [0.15, 0.2) is 0 Å². The van der Waals surface area contributed by atoms with Crippen molar-refractivity contribution in [3.8, 4) is 0 Å². The van der Waals surface area contributed by atoms with E-state index in [2.05, 4.69) is 31.2 Å². The van der Waals surface area contributed by atoms with E-state index in [1.807, 2.05) is 13.8 Å². The van der Waals surface area contributed by atoms with E-state index in [4.69, 9.17) is 4.74 Å². The van der Waals surface area contributed by atoms with Gasteiger partial charge in [0.2, 0.25) is 0 Å². The first-order valence-corrected chi connectivity index (χ1v) is 6.30. The van der Waals surface area contributed by atoms with Crippen molar-refractivity contribution in [2.45, 2.75) is 42.9 Å². The fourth-order valence-electron chi connectivity index (χ4n) is 1.76. The third-order valence-electron chi connectivity index (χ3n) is 2.80. The van der Waals surface area contributed by atoms with Crippen LogP contribution in [0.25, 0.3) is 0 Å². The second-order valence-corrected chi connectivity index (χ2v) is 5.98. The fourth-order valence-corrected chi connectivity index (χ4v) is 2.94. The Morgan fingerprint density at radius 1 is 1.31 bits per heavy atom. The maximum Gasteiger partial charge on any atom is 0.307 e. The minimum Gasteiger partial charge on any atom is -0.458 e. The maximum atomic E-state index is 11.3. The zero-order chi connectivity index (χ0) is 11.8. The lowest BCUT2D eigenvalue weighted by Gasteiger charge is -2.24. The highest BCUT2D eigenvalue weighted by molar-refractivity contribution is 8.00. The van der Waals surface area contributed by atoms with Crippen molar-refractivity contribution in [3.63, 3.8) is 0 Å². The van der Waals surface area contributed by atoms with Crippen LogP contribution < -0.4 is 0 Å². The Bertz CT molecular complexity index is 395. The molecule has 1 saturated heterocycles. The SMILES string of the molecule is Cc1ccc(SC2CC(=O)OC2(C)C)cc1. The van der Waals surface area contributed by atoms with Gasteiger partial charge in [0.05, 0.1) is 11.7 Å². The van der Waals surface area contributed by atoms with Gasteiger partial charge in [0.25, 0.3) is 0 Å². The highest BCUT2D eigenvalue weighted by Gasteiger charge is 2.42. The van der Waals surface area contributed by atoms with Crippen molar-refractivity contribution in [2.24, 2.45) is 0 Å². The number of ether oxygens (including phenoxy) is 1. The summed E-state index contributed by atoms with van der Waals surface area (Å²) in [6, 6.07) is 8.37. The molecule has 0 N–H and O–H groups in total. The summed E-state index contributed by atoms with van der Waals surface area (Å²) < 4.78 is 5.30. The molecule has 86 valence electrons. The summed E-state index contributed by atoms with van der Waals surface area (Å²) in [6.45, 7) is 6.02. The first kappa shape index (κ1) is 11.5. The Kier molecular flexibility index (Phi) is 2.98. The summed E-state index contributed by atoms with van der Waals surface area (Å²) in [5.74, 6) is -0.0883. The van der Waals surface area contributed by atoms with Gasteiger partial charge in [-0.2, -0.15) is 0 Å². The van der Waals surface area contributed by atoms with Crippen LogP contribution >= 0.6 is 11.8 Å². The van der Waals surface area contributed by atoms with E-state index in [0.717, 1.165) is 0 Å². The van der Waals surface area contributed by atoms with Gasteiger partial charge in [-0.1, -0.05) is 17.7 Å². The van der Waals surface area contributed by atoms with Crippen LogP contribution in [0.15, 0.2) is 29.2 Å². The minimum atomic E-state index is -0.355. The van der Waals surface area contributed by atoms with Crippen molar-refractivity contribution in [3.05, 3.63) is 29.8 Å². The predicted molar refractivity (Wildman–Crippen MR) is 65.6 cm³/mol. The third kappa shape index (κ3) is 2.40.